The Hall–Kier alpha value is -2.73. The summed E-state index contributed by atoms with van der Waals surface area (Å²) >= 11 is 0. The Kier molecular flexibility index (Phi) is 5.32. The molecule has 1 heterocycles. The van der Waals surface area contributed by atoms with Crippen LogP contribution in [0.2, 0.25) is 0 Å². The van der Waals surface area contributed by atoms with Gasteiger partial charge >= 0.3 is 5.97 Å². The van der Waals surface area contributed by atoms with Crippen molar-refractivity contribution in [3.63, 3.8) is 0 Å². The van der Waals surface area contributed by atoms with Crippen molar-refractivity contribution in [1.82, 2.24) is 5.32 Å². The van der Waals surface area contributed by atoms with Crippen LogP contribution in [0.25, 0.3) is 0 Å². The molecule has 0 bridgehead atoms. The van der Waals surface area contributed by atoms with Crippen LogP contribution >= 0.6 is 0 Å². The van der Waals surface area contributed by atoms with E-state index in [-0.39, 0.29) is 11.5 Å². The normalized spacial score (nSPS) is 25.0. The number of nitro groups is 1. The average molecular weight is 354 g/mol. The van der Waals surface area contributed by atoms with Crippen molar-refractivity contribution in [1.29, 1.82) is 0 Å². The van der Waals surface area contributed by atoms with Crippen molar-refractivity contribution in [2.24, 2.45) is 0 Å². The third-order valence-corrected chi connectivity index (χ3v) is 4.83. The van der Waals surface area contributed by atoms with E-state index in [0.717, 1.165) is 16.7 Å². The monoisotopic (exact) mass is 354 g/mol. The fourth-order valence-corrected chi connectivity index (χ4v) is 3.63. The van der Waals surface area contributed by atoms with Gasteiger partial charge in [0.1, 0.15) is 12.1 Å². The fraction of sp³-hybridized carbons (Fsp3) is 0.350. The topological polar surface area (TPSA) is 81.5 Å². The molecule has 26 heavy (non-hydrogen) atoms. The van der Waals surface area contributed by atoms with Crippen molar-refractivity contribution in [2.75, 3.05) is 6.61 Å². The fourth-order valence-electron chi connectivity index (χ4n) is 3.63. The maximum absolute atomic E-state index is 12.5. The predicted molar refractivity (Wildman–Crippen MR) is 97.4 cm³/mol. The zero-order chi connectivity index (χ0) is 18.7. The second-order valence-electron chi connectivity index (χ2n) is 6.50. The molecule has 0 spiro atoms. The second-order valence-corrected chi connectivity index (χ2v) is 6.50. The van der Waals surface area contributed by atoms with E-state index in [2.05, 4.69) is 5.32 Å². The molecular formula is C20H22N2O4. The summed E-state index contributed by atoms with van der Waals surface area (Å²) in [6.45, 7) is 3.93. The van der Waals surface area contributed by atoms with E-state index in [0.29, 0.717) is 0 Å². The molecule has 6 heteroatoms. The Bertz CT molecular complexity index is 776. The van der Waals surface area contributed by atoms with Gasteiger partial charge in [0.15, 0.2) is 0 Å². The van der Waals surface area contributed by atoms with Crippen molar-refractivity contribution in [3.8, 4) is 0 Å². The lowest BCUT2D eigenvalue weighted by Gasteiger charge is -2.19. The third kappa shape index (κ3) is 3.46. The summed E-state index contributed by atoms with van der Waals surface area (Å²) in [5.41, 5.74) is 2.63. The number of nitrogens with one attached hydrogen (secondary N) is 1. The van der Waals surface area contributed by atoms with Gasteiger partial charge in [0.2, 0.25) is 6.04 Å². The first-order chi connectivity index (χ1) is 12.5. The number of nitrogens with zero attached hydrogens (tertiary/aromatic N) is 1. The van der Waals surface area contributed by atoms with Crippen LogP contribution in [0.3, 0.4) is 0 Å². The molecule has 3 rings (SSSR count). The summed E-state index contributed by atoms with van der Waals surface area (Å²) in [7, 11) is 0. The van der Waals surface area contributed by atoms with E-state index in [4.69, 9.17) is 4.74 Å². The molecule has 0 saturated carbocycles. The van der Waals surface area contributed by atoms with E-state index in [1.54, 1.807) is 6.92 Å². The summed E-state index contributed by atoms with van der Waals surface area (Å²) in [6, 6.07) is 14.5. The van der Waals surface area contributed by atoms with Crippen molar-refractivity contribution in [2.45, 2.75) is 37.9 Å². The van der Waals surface area contributed by atoms with Crippen molar-refractivity contribution < 1.29 is 14.5 Å². The number of benzene rings is 2. The molecule has 136 valence electrons. The first kappa shape index (κ1) is 18.1. The summed E-state index contributed by atoms with van der Waals surface area (Å²) in [6.07, 6.45) is 0. The molecule has 1 fully saturated rings. The molecule has 0 radical (unpaired) electrons. The molecule has 2 aromatic carbocycles. The maximum Gasteiger partial charge on any atom is 0.324 e. The summed E-state index contributed by atoms with van der Waals surface area (Å²) < 4.78 is 5.18. The first-order valence-corrected chi connectivity index (χ1v) is 8.70. The molecule has 0 aromatic heterocycles. The number of esters is 1. The minimum atomic E-state index is -0.963. The lowest BCUT2D eigenvalue weighted by molar-refractivity contribution is -0.527. The highest BCUT2D eigenvalue weighted by Gasteiger charge is 2.54. The standard InChI is InChI=1S/C20H22N2O4/c1-3-26-20(23)18-16(14-7-5-4-6-8-14)19(22(24)25)17(21-18)15-11-9-13(2)10-12-15/h4-12,16-19,21H,3H2,1-2H3/t16-,17+,18+,19+/m1/s1. The molecule has 0 unspecified atom stereocenters. The Labute approximate surface area is 152 Å². The maximum atomic E-state index is 12.5. The Morgan fingerprint density at radius 1 is 1.12 bits per heavy atom. The SMILES string of the molecule is CCOC(=O)[C@H]1N[C@@H](c2ccc(C)cc2)[C@@H]([N+](=O)[O-])[C@@H]1c1ccccc1. The van der Waals surface area contributed by atoms with Crippen LogP contribution in [0.5, 0.6) is 0 Å². The van der Waals surface area contributed by atoms with Gasteiger partial charge in [-0.15, -0.1) is 0 Å². The molecular weight excluding hydrogens is 332 g/mol. The van der Waals surface area contributed by atoms with Gasteiger partial charge in [-0.1, -0.05) is 60.2 Å². The van der Waals surface area contributed by atoms with Crippen LogP contribution in [0.15, 0.2) is 54.6 Å². The van der Waals surface area contributed by atoms with E-state index >= 15 is 0 Å². The van der Waals surface area contributed by atoms with E-state index < -0.39 is 30.0 Å². The highest BCUT2D eigenvalue weighted by atomic mass is 16.6. The van der Waals surface area contributed by atoms with E-state index in [9.17, 15) is 14.9 Å². The highest BCUT2D eigenvalue weighted by molar-refractivity contribution is 5.78. The number of carbonyl (C=O) groups excluding carboxylic acids is 1. The molecule has 4 atom stereocenters. The summed E-state index contributed by atoms with van der Waals surface area (Å²) in [5, 5.41) is 15.2. The smallest absolute Gasteiger partial charge is 0.324 e. The van der Waals surface area contributed by atoms with Gasteiger partial charge in [0.25, 0.3) is 0 Å². The van der Waals surface area contributed by atoms with Crippen LogP contribution in [0, 0.1) is 17.0 Å². The van der Waals surface area contributed by atoms with Crippen LogP contribution < -0.4 is 5.32 Å². The third-order valence-electron chi connectivity index (χ3n) is 4.83. The Morgan fingerprint density at radius 2 is 1.77 bits per heavy atom. The van der Waals surface area contributed by atoms with Gasteiger partial charge in [0, 0.05) is 4.92 Å². The Morgan fingerprint density at radius 3 is 2.35 bits per heavy atom. The number of hydrogen-bond acceptors (Lipinski definition) is 5. The average Bonchev–Trinajstić information content (AvgIpc) is 3.04. The van der Waals surface area contributed by atoms with Gasteiger partial charge in [-0.3, -0.25) is 20.2 Å². The van der Waals surface area contributed by atoms with Crippen LogP contribution in [0.1, 0.15) is 35.6 Å². The second kappa shape index (κ2) is 7.66. The number of carbonyl (C=O) groups is 1. The largest absolute Gasteiger partial charge is 0.465 e. The lowest BCUT2D eigenvalue weighted by atomic mass is 9.85. The molecule has 1 N–H and O–H groups in total. The van der Waals surface area contributed by atoms with Crippen LogP contribution in [-0.2, 0) is 9.53 Å². The molecule has 1 aliphatic heterocycles. The van der Waals surface area contributed by atoms with Gasteiger partial charge < -0.3 is 4.74 Å². The number of hydrogen-bond donors (Lipinski definition) is 1. The van der Waals surface area contributed by atoms with Crippen molar-refractivity contribution in [3.05, 3.63) is 81.4 Å². The molecule has 6 nitrogen and oxygen atoms in total. The van der Waals surface area contributed by atoms with E-state index in [1.807, 2.05) is 61.5 Å². The highest BCUT2D eigenvalue weighted by Crippen LogP contribution is 2.40. The Balaban J connectivity index is 2.05. The summed E-state index contributed by atoms with van der Waals surface area (Å²) in [5.74, 6) is -1.06. The van der Waals surface area contributed by atoms with E-state index in [1.165, 1.54) is 0 Å². The zero-order valence-electron chi connectivity index (χ0n) is 14.8. The van der Waals surface area contributed by atoms with Gasteiger partial charge in [0.05, 0.1) is 12.5 Å². The van der Waals surface area contributed by atoms with Gasteiger partial charge in [-0.25, -0.2) is 0 Å². The van der Waals surface area contributed by atoms with Crippen LogP contribution in [0.4, 0.5) is 0 Å². The van der Waals surface area contributed by atoms with Gasteiger partial charge in [-0.2, -0.15) is 0 Å². The minimum Gasteiger partial charge on any atom is -0.465 e. The molecule has 0 aliphatic carbocycles. The van der Waals surface area contributed by atoms with Crippen LogP contribution in [-0.4, -0.2) is 29.6 Å². The number of rotatable bonds is 5. The van der Waals surface area contributed by atoms with Gasteiger partial charge in [-0.05, 0) is 25.0 Å². The molecule has 0 amide bonds. The minimum absolute atomic E-state index is 0.233. The molecule has 1 aliphatic rings. The molecule has 2 aromatic rings. The zero-order valence-corrected chi connectivity index (χ0v) is 14.8. The van der Waals surface area contributed by atoms with Crippen molar-refractivity contribution >= 4 is 5.97 Å². The summed E-state index contributed by atoms with van der Waals surface area (Å²) in [4.78, 5) is 24.2. The molecule has 1 saturated heterocycles. The number of ether oxygens (including phenoxy) is 1. The lowest BCUT2D eigenvalue weighted by Crippen LogP contribution is -2.37. The first-order valence-electron chi connectivity index (χ1n) is 8.70. The quantitative estimate of drug-likeness (QED) is 0.507. The number of aryl methyl sites for hydroxylation is 1. The predicted octanol–water partition coefficient (Wildman–Crippen LogP) is 3.00.